The van der Waals surface area contributed by atoms with Crippen LogP contribution in [-0.4, -0.2) is 19.7 Å². The summed E-state index contributed by atoms with van der Waals surface area (Å²) >= 11 is 2.50. The minimum atomic E-state index is -0.00763. The fourth-order valence-corrected chi connectivity index (χ4v) is 13.1. The van der Waals surface area contributed by atoms with Gasteiger partial charge >= 0.3 is 308 Å². The molecule has 0 amide bonds. The summed E-state index contributed by atoms with van der Waals surface area (Å²) in [6, 6.07) is 68.2. The van der Waals surface area contributed by atoms with Gasteiger partial charge in [0.25, 0.3) is 0 Å². The molecular weight excluding hydrogens is 1000 g/mol. The molecule has 9 aromatic rings. The number of nitrogens with zero attached hydrogens (tertiary/aromatic N) is 4. The summed E-state index contributed by atoms with van der Waals surface area (Å²) in [5.74, 6) is 3.46. The zero-order valence-corrected chi connectivity index (χ0v) is 40.0. The maximum atomic E-state index is 6.92. The van der Waals surface area contributed by atoms with Crippen LogP contribution in [0.5, 0.6) is 11.5 Å². The number of fused-ring (bicyclic) bond motifs is 5. The van der Waals surface area contributed by atoms with Crippen LogP contribution in [0.15, 0.2) is 176 Å². The Morgan fingerprint density at radius 3 is 1.85 bits per heavy atom. The predicted octanol–water partition coefficient (Wildman–Crippen LogP) is 15.7. The number of pyridine rings is 1. The van der Waals surface area contributed by atoms with Crippen molar-refractivity contribution in [3.63, 3.8) is 0 Å². The summed E-state index contributed by atoms with van der Waals surface area (Å²) in [7, 11) is 0. The van der Waals surface area contributed by atoms with Gasteiger partial charge in [-0.05, 0) is 24.5 Å². The number of anilines is 2. The molecule has 1 aliphatic heterocycles. The first kappa shape index (κ1) is 41.8. The average Bonchev–Trinajstić information content (AvgIpc) is 3.68. The standard InChI is InChI=1S/C61H52N4O.Pt/c1-43-38-59(62-41-54(43)46-24-10-4-11-25-46)65-58-40-49(34-35-53(58)52-28-12-13-31-55(52)61(65)36-16-5-17-37-61)66-48-27-18-26-47(39-48)63-42-64(57-33-15-14-32-56(57)63)60-50(44-20-6-2-7-21-44)29-19-30-51(60)45-22-8-3-9-23-45;/h2-4,6-11,14-15,18-27,29-30,32-35,38,41,52,55H,5,12-13,16-17,28,31,36-37H2,1H3;/q-2;. The van der Waals surface area contributed by atoms with Crippen LogP contribution in [0, 0.1) is 28.8 Å². The summed E-state index contributed by atoms with van der Waals surface area (Å²) in [6.45, 7) is 2.24. The number of hydrogen-bond acceptors (Lipinski definition) is 3. The molecule has 0 bridgehead atoms. The van der Waals surface area contributed by atoms with Crippen molar-refractivity contribution in [3.05, 3.63) is 203 Å². The molecule has 12 rings (SSSR count). The molecule has 2 unspecified atom stereocenters. The average molecular weight is 1050 g/mol. The van der Waals surface area contributed by atoms with E-state index in [0.29, 0.717) is 23.3 Å². The molecule has 0 N–H and O–H groups in total. The third-order valence-corrected chi connectivity index (χ3v) is 15.9. The maximum absolute atomic E-state index is 6.92. The number of rotatable bonds is 8. The Bertz CT molecular complexity index is 3260. The van der Waals surface area contributed by atoms with Gasteiger partial charge in [0.15, 0.2) is 0 Å². The van der Waals surface area contributed by atoms with E-state index in [1.165, 1.54) is 102 Å². The molecule has 0 radical (unpaired) electrons. The van der Waals surface area contributed by atoms with Gasteiger partial charge in [0, 0.05) is 11.8 Å². The molecular formula is C61H52N4OPt-2. The van der Waals surface area contributed by atoms with Crippen LogP contribution < -0.4 is 9.64 Å². The third-order valence-electron chi connectivity index (χ3n) is 14.9. The molecule has 3 aliphatic rings. The Kier molecular flexibility index (Phi) is 11.0. The molecule has 334 valence electrons. The van der Waals surface area contributed by atoms with E-state index in [-0.39, 0.29) is 5.54 Å². The zero-order valence-electron chi connectivity index (χ0n) is 37.8. The summed E-state index contributed by atoms with van der Waals surface area (Å²) in [4.78, 5) is 7.99. The molecule has 2 saturated carbocycles. The van der Waals surface area contributed by atoms with Gasteiger partial charge in [-0.25, -0.2) is 0 Å². The van der Waals surface area contributed by atoms with E-state index in [9.17, 15) is 0 Å². The first-order chi connectivity index (χ1) is 33.1. The number of hydrogen-bond donors (Lipinski definition) is 0. The molecule has 7 aromatic carbocycles. The molecule has 2 aliphatic carbocycles. The van der Waals surface area contributed by atoms with Crippen LogP contribution in [-0.2, 0) is 19.4 Å². The van der Waals surface area contributed by atoms with E-state index >= 15 is 0 Å². The van der Waals surface area contributed by atoms with Crippen molar-refractivity contribution in [1.82, 2.24) is 14.1 Å². The van der Waals surface area contributed by atoms with Gasteiger partial charge in [0.1, 0.15) is 0 Å². The first-order valence-electron chi connectivity index (χ1n) is 24.1. The number of imidazole rings is 1. The molecule has 6 heteroatoms. The summed E-state index contributed by atoms with van der Waals surface area (Å²) in [6.07, 6.45) is 13.3. The number of benzene rings is 7. The van der Waals surface area contributed by atoms with Gasteiger partial charge in [-0.15, -0.1) is 0 Å². The second kappa shape index (κ2) is 17.6. The van der Waals surface area contributed by atoms with Crippen molar-refractivity contribution in [2.24, 2.45) is 5.92 Å². The molecule has 2 fully saturated rings. The normalized spacial score (nSPS) is 17.6. The van der Waals surface area contributed by atoms with E-state index in [1.807, 2.05) is 6.07 Å². The molecule has 2 aromatic heterocycles. The van der Waals surface area contributed by atoms with Crippen LogP contribution in [0.4, 0.5) is 11.5 Å². The van der Waals surface area contributed by atoms with Crippen LogP contribution in [0.1, 0.15) is 74.8 Å². The van der Waals surface area contributed by atoms with Crippen LogP contribution in [0.25, 0.3) is 55.8 Å². The van der Waals surface area contributed by atoms with Gasteiger partial charge in [0.2, 0.25) is 0 Å². The molecule has 0 saturated heterocycles. The number of aryl methyl sites for hydroxylation is 1. The van der Waals surface area contributed by atoms with Gasteiger partial charge < -0.3 is 0 Å². The fourth-order valence-electron chi connectivity index (χ4n) is 12.0. The SMILES string of the molecule is Cc1cc(N2c3[c-]c(Oc4[c-]c(-n5[c](=[Pt])n(-c6c(-c7ccccc7)cccc6-c6ccccc6)c6ccccc65)ccc4)ccc3C3CCCCC3C23CCCCC3)ncc1-c1ccccc1. The predicted molar refractivity (Wildman–Crippen MR) is 268 cm³/mol. The second-order valence-electron chi connectivity index (χ2n) is 18.7. The monoisotopic (exact) mass is 1050 g/mol. The van der Waals surface area contributed by atoms with Crippen molar-refractivity contribution in [2.45, 2.75) is 76.2 Å². The van der Waals surface area contributed by atoms with Crippen molar-refractivity contribution in [2.75, 3.05) is 4.90 Å². The summed E-state index contributed by atoms with van der Waals surface area (Å²) < 4.78 is 12.7. The molecule has 5 nitrogen and oxygen atoms in total. The quantitative estimate of drug-likeness (QED) is 0.142. The second-order valence-corrected chi connectivity index (χ2v) is 19.7. The van der Waals surface area contributed by atoms with Crippen LogP contribution >= 0.6 is 0 Å². The molecule has 3 heterocycles. The minimum Gasteiger partial charge on any atom is -0.0622 e. The summed E-state index contributed by atoms with van der Waals surface area (Å²) in [5, 5.41) is 0. The van der Waals surface area contributed by atoms with Crippen molar-refractivity contribution < 1.29 is 24.1 Å². The zero-order chi connectivity index (χ0) is 44.9. The van der Waals surface area contributed by atoms with E-state index in [4.69, 9.17) is 9.72 Å². The molecule has 1 spiro atoms. The Morgan fingerprint density at radius 1 is 0.582 bits per heavy atom. The smallest absolute Gasteiger partial charge is 0.0622 e. The van der Waals surface area contributed by atoms with Crippen LogP contribution in [0.2, 0.25) is 0 Å². The number of aromatic nitrogens is 3. The van der Waals surface area contributed by atoms with E-state index in [0.717, 1.165) is 37.7 Å². The van der Waals surface area contributed by atoms with Gasteiger partial charge in [-0.2, -0.15) is 0 Å². The Morgan fingerprint density at radius 2 is 1.18 bits per heavy atom. The summed E-state index contributed by atoms with van der Waals surface area (Å²) in [5.41, 5.74) is 15.0. The Labute approximate surface area is 404 Å². The van der Waals surface area contributed by atoms with Crippen molar-refractivity contribution >= 4 is 22.5 Å². The minimum absolute atomic E-state index is 0.00763. The van der Waals surface area contributed by atoms with Crippen LogP contribution in [0.3, 0.4) is 0 Å². The van der Waals surface area contributed by atoms with Crippen molar-refractivity contribution in [3.8, 4) is 56.3 Å². The first-order valence-corrected chi connectivity index (χ1v) is 25.2. The number of para-hydroxylation sites is 3. The van der Waals surface area contributed by atoms with E-state index in [1.54, 1.807) is 0 Å². The topological polar surface area (TPSA) is 35.2 Å². The Balaban J connectivity index is 0.968. The van der Waals surface area contributed by atoms with E-state index < -0.39 is 0 Å². The fraction of sp³-hybridized carbons (Fsp3) is 0.213. The Hall–Kier alpha value is -6.55. The number of ether oxygens (including phenoxy) is 1. The third kappa shape index (κ3) is 7.34. The molecule has 67 heavy (non-hydrogen) atoms. The van der Waals surface area contributed by atoms with Crippen molar-refractivity contribution in [1.29, 1.82) is 0 Å². The van der Waals surface area contributed by atoms with Gasteiger partial charge in [-0.1, -0.05) is 62.4 Å². The van der Waals surface area contributed by atoms with Gasteiger partial charge in [0.05, 0.1) is 0 Å². The molecule has 2 atom stereocenters. The van der Waals surface area contributed by atoms with Gasteiger partial charge in [-0.3, -0.25) is 0 Å². The van der Waals surface area contributed by atoms with E-state index in [2.05, 4.69) is 222 Å².